The lowest BCUT2D eigenvalue weighted by molar-refractivity contribution is -0.157. The Morgan fingerprint density at radius 2 is 1.80 bits per heavy atom. The topological polar surface area (TPSA) is 61.8 Å². The molecule has 2 aromatic rings. The van der Waals surface area contributed by atoms with Gasteiger partial charge in [-0.25, -0.2) is 4.79 Å². The number of carbonyl (C=O) groups excluding carboxylic acids is 2. The minimum absolute atomic E-state index is 0.158. The number of esters is 1. The van der Waals surface area contributed by atoms with Crippen LogP contribution in [-0.2, 0) is 9.53 Å². The third-order valence-corrected chi connectivity index (χ3v) is 4.62. The molecule has 5 heteroatoms. The third kappa shape index (κ3) is 5.09. The van der Waals surface area contributed by atoms with Crippen molar-refractivity contribution in [2.75, 3.05) is 6.61 Å². The van der Waals surface area contributed by atoms with Gasteiger partial charge in [-0.05, 0) is 62.4 Å². The van der Waals surface area contributed by atoms with Crippen molar-refractivity contribution in [2.24, 2.45) is 0 Å². The molecule has 0 N–H and O–H groups in total. The largest absolute Gasteiger partial charge is 0.482 e. The van der Waals surface area contributed by atoms with Crippen LogP contribution in [0.15, 0.2) is 42.2 Å². The summed E-state index contributed by atoms with van der Waals surface area (Å²) in [4.78, 5) is 24.7. The Bertz CT molecular complexity index is 991. The zero-order chi connectivity index (χ0) is 22.1. The molecule has 0 amide bonds. The first kappa shape index (κ1) is 21.6. The summed E-state index contributed by atoms with van der Waals surface area (Å²) in [5, 5.41) is 0. The van der Waals surface area contributed by atoms with Crippen LogP contribution in [0.25, 0.3) is 6.08 Å². The molecule has 0 saturated carbocycles. The maximum absolute atomic E-state index is 12.8. The summed E-state index contributed by atoms with van der Waals surface area (Å²) in [7, 11) is 0. The predicted octanol–water partition coefficient (Wildman–Crippen LogP) is 5.46. The molecule has 3 rings (SSSR count). The molecule has 0 aliphatic carbocycles. The summed E-state index contributed by atoms with van der Waals surface area (Å²) in [5.74, 6) is 0.991. The van der Waals surface area contributed by atoms with Crippen LogP contribution in [-0.4, -0.2) is 24.0 Å². The summed E-state index contributed by atoms with van der Waals surface area (Å²) in [6.07, 6.45) is 1.74. The number of hydrogen-bond donors (Lipinski definition) is 0. The maximum Gasteiger partial charge on any atom is 0.344 e. The third-order valence-electron chi connectivity index (χ3n) is 4.62. The fraction of sp³-hybridized carbons (Fsp3) is 0.360. The number of ketones is 1. The fourth-order valence-corrected chi connectivity index (χ4v) is 3.20. The summed E-state index contributed by atoms with van der Waals surface area (Å²) in [6.45, 7) is 11.3. The smallest absolute Gasteiger partial charge is 0.344 e. The van der Waals surface area contributed by atoms with E-state index in [0.717, 1.165) is 11.1 Å². The van der Waals surface area contributed by atoms with Gasteiger partial charge in [0.25, 0.3) is 0 Å². The molecule has 5 nitrogen and oxygen atoms in total. The number of allylic oxidation sites excluding steroid dienone is 1. The number of benzene rings is 2. The van der Waals surface area contributed by atoms with Gasteiger partial charge in [-0.2, -0.15) is 0 Å². The number of rotatable bonds is 5. The highest BCUT2D eigenvalue weighted by Crippen LogP contribution is 2.37. The Balaban J connectivity index is 1.76. The first-order valence-corrected chi connectivity index (χ1v) is 10.1. The number of carbonyl (C=O) groups is 2. The molecule has 0 saturated heterocycles. The molecular weight excluding hydrogens is 380 g/mol. The van der Waals surface area contributed by atoms with Crippen LogP contribution in [0.5, 0.6) is 11.5 Å². The van der Waals surface area contributed by atoms with Crippen LogP contribution in [0.3, 0.4) is 0 Å². The Labute approximate surface area is 177 Å². The van der Waals surface area contributed by atoms with Crippen LogP contribution in [0, 0.1) is 6.92 Å². The van der Waals surface area contributed by atoms with Crippen LogP contribution >= 0.6 is 0 Å². The van der Waals surface area contributed by atoms with Gasteiger partial charge in [0.05, 0.1) is 5.56 Å². The van der Waals surface area contributed by atoms with Gasteiger partial charge in [-0.1, -0.05) is 38.1 Å². The lowest BCUT2D eigenvalue weighted by Crippen LogP contribution is -2.27. The van der Waals surface area contributed by atoms with Gasteiger partial charge >= 0.3 is 5.97 Å². The number of fused-ring (bicyclic) bond motifs is 1. The minimum atomic E-state index is -0.573. The second-order valence-electron chi connectivity index (χ2n) is 8.75. The van der Waals surface area contributed by atoms with Crippen molar-refractivity contribution in [2.45, 2.75) is 53.1 Å². The lowest BCUT2D eigenvalue weighted by atomic mass is 10.0. The molecule has 1 heterocycles. The van der Waals surface area contributed by atoms with Crippen molar-refractivity contribution in [3.8, 4) is 11.5 Å². The first-order chi connectivity index (χ1) is 14.0. The van der Waals surface area contributed by atoms with Gasteiger partial charge in [-0.3, -0.25) is 4.79 Å². The van der Waals surface area contributed by atoms with E-state index in [4.69, 9.17) is 14.2 Å². The molecule has 0 fully saturated rings. The zero-order valence-electron chi connectivity index (χ0n) is 18.4. The van der Waals surface area contributed by atoms with Crippen molar-refractivity contribution in [3.05, 3.63) is 64.4 Å². The zero-order valence-corrected chi connectivity index (χ0v) is 18.4. The number of Topliss-reactive ketones (excluding diaryl/α,β-unsaturated/α-hetero) is 1. The standard InChI is InChI=1S/C25H28O5/c1-15(2)18-9-7-17(8-10-18)12-21-24(27)23-16(3)11-19(13-20(23)29-21)28-14-22(26)30-25(4,5)6/h7-13,15H,14H2,1-6H3/b21-12-. The Morgan fingerprint density at radius 3 is 2.40 bits per heavy atom. The lowest BCUT2D eigenvalue weighted by Gasteiger charge is -2.19. The van der Waals surface area contributed by atoms with Gasteiger partial charge < -0.3 is 14.2 Å². The number of aryl methyl sites for hydroxylation is 1. The fourth-order valence-electron chi connectivity index (χ4n) is 3.20. The van der Waals surface area contributed by atoms with Gasteiger partial charge in [0.1, 0.15) is 17.1 Å². The molecule has 30 heavy (non-hydrogen) atoms. The second-order valence-corrected chi connectivity index (χ2v) is 8.75. The van der Waals surface area contributed by atoms with Gasteiger partial charge in [-0.15, -0.1) is 0 Å². The van der Waals surface area contributed by atoms with Crippen molar-refractivity contribution in [1.82, 2.24) is 0 Å². The minimum Gasteiger partial charge on any atom is -0.482 e. The molecule has 0 unspecified atom stereocenters. The SMILES string of the molecule is Cc1cc(OCC(=O)OC(C)(C)C)cc2c1C(=O)/C(=C/c1ccc(C(C)C)cc1)O2. The summed E-state index contributed by atoms with van der Waals surface area (Å²) < 4.78 is 16.6. The van der Waals surface area contributed by atoms with E-state index in [1.54, 1.807) is 39.0 Å². The highest BCUT2D eigenvalue weighted by atomic mass is 16.6. The van der Waals surface area contributed by atoms with E-state index in [1.165, 1.54) is 5.56 Å². The van der Waals surface area contributed by atoms with Crippen LogP contribution in [0.4, 0.5) is 0 Å². The van der Waals surface area contributed by atoms with E-state index in [1.807, 2.05) is 19.1 Å². The Hall–Kier alpha value is -3.08. The highest BCUT2D eigenvalue weighted by molar-refractivity contribution is 6.15. The van der Waals surface area contributed by atoms with Gasteiger partial charge in [0.2, 0.25) is 5.78 Å². The van der Waals surface area contributed by atoms with Crippen molar-refractivity contribution in [1.29, 1.82) is 0 Å². The summed E-state index contributed by atoms with van der Waals surface area (Å²) >= 11 is 0. The molecule has 0 atom stereocenters. The normalized spacial score (nSPS) is 14.6. The molecule has 0 bridgehead atoms. The predicted molar refractivity (Wildman–Crippen MR) is 116 cm³/mol. The molecule has 0 radical (unpaired) electrons. The molecule has 1 aliphatic rings. The molecule has 158 valence electrons. The first-order valence-electron chi connectivity index (χ1n) is 10.1. The Kier molecular flexibility index (Phi) is 6.01. The molecule has 2 aromatic carbocycles. The molecular formula is C25H28O5. The second kappa shape index (κ2) is 8.34. The van der Waals surface area contributed by atoms with E-state index >= 15 is 0 Å². The van der Waals surface area contributed by atoms with E-state index in [-0.39, 0.29) is 18.1 Å². The van der Waals surface area contributed by atoms with E-state index in [2.05, 4.69) is 26.0 Å². The van der Waals surface area contributed by atoms with E-state index < -0.39 is 11.6 Å². The molecule has 0 spiro atoms. The van der Waals surface area contributed by atoms with E-state index in [9.17, 15) is 9.59 Å². The van der Waals surface area contributed by atoms with Crippen molar-refractivity contribution in [3.63, 3.8) is 0 Å². The van der Waals surface area contributed by atoms with Gasteiger partial charge in [0, 0.05) is 6.07 Å². The van der Waals surface area contributed by atoms with Crippen molar-refractivity contribution < 1.29 is 23.8 Å². The summed E-state index contributed by atoms with van der Waals surface area (Å²) in [5.41, 5.74) is 2.81. The van der Waals surface area contributed by atoms with Crippen molar-refractivity contribution >= 4 is 17.8 Å². The number of ether oxygens (including phenoxy) is 3. The summed E-state index contributed by atoms with van der Waals surface area (Å²) in [6, 6.07) is 11.4. The monoisotopic (exact) mass is 408 g/mol. The maximum atomic E-state index is 12.8. The van der Waals surface area contributed by atoms with Crippen LogP contribution < -0.4 is 9.47 Å². The van der Waals surface area contributed by atoms with Gasteiger partial charge in [0.15, 0.2) is 12.4 Å². The molecule has 0 aromatic heterocycles. The van der Waals surface area contributed by atoms with Crippen LogP contribution in [0.2, 0.25) is 0 Å². The van der Waals surface area contributed by atoms with Crippen LogP contribution in [0.1, 0.15) is 67.6 Å². The highest BCUT2D eigenvalue weighted by Gasteiger charge is 2.30. The Morgan fingerprint density at radius 1 is 1.13 bits per heavy atom. The molecule has 1 aliphatic heterocycles. The average Bonchev–Trinajstić information content (AvgIpc) is 2.95. The van der Waals surface area contributed by atoms with E-state index in [0.29, 0.717) is 23.0 Å². The average molecular weight is 408 g/mol. The quantitative estimate of drug-likeness (QED) is 0.486. The number of hydrogen-bond acceptors (Lipinski definition) is 5.